The normalized spacial score (nSPS) is 10.2. The van der Waals surface area contributed by atoms with Crippen molar-refractivity contribution in [3.8, 4) is 11.5 Å². The molecule has 0 saturated carbocycles. The minimum Gasteiger partial charge on any atom is -0.507 e. The lowest BCUT2D eigenvalue weighted by atomic mass is 10.1. The van der Waals surface area contributed by atoms with Gasteiger partial charge in [-0.25, -0.2) is 0 Å². The molecular formula is C13H20N2O3. The average Bonchev–Trinajstić information content (AvgIpc) is 2.38. The van der Waals surface area contributed by atoms with Crippen molar-refractivity contribution in [2.75, 3.05) is 26.7 Å². The van der Waals surface area contributed by atoms with Crippen molar-refractivity contribution >= 4 is 5.91 Å². The maximum Gasteiger partial charge on any atom is 0.257 e. The van der Waals surface area contributed by atoms with Crippen molar-refractivity contribution in [2.45, 2.75) is 13.3 Å². The molecule has 0 aromatic heterocycles. The van der Waals surface area contributed by atoms with Crippen LogP contribution in [0.5, 0.6) is 11.5 Å². The standard InChI is InChI=1S/C13H20N2O3/c1-3-7-15(8-6-14)13(17)11-9-10(18-2)4-5-12(11)16/h4-5,9,16H,3,6-8,14H2,1-2H3. The second kappa shape index (κ2) is 6.86. The zero-order valence-corrected chi connectivity index (χ0v) is 10.8. The molecule has 1 aromatic rings. The Morgan fingerprint density at radius 3 is 2.72 bits per heavy atom. The van der Waals surface area contributed by atoms with Gasteiger partial charge in [0.1, 0.15) is 11.5 Å². The maximum absolute atomic E-state index is 12.3. The molecule has 0 aliphatic carbocycles. The first-order chi connectivity index (χ1) is 8.63. The smallest absolute Gasteiger partial charge is 0.257 e. The number of carbonyl (C=O) groups excluding carboxylic acids is 1. The molecule has 0 unspecified atom stereocenters. The number of phenolic OH excluding ortho intramolecular Hbond substituents is 1. The van der Waals surface area contributed by atoms with E-state index in [-0.39, 0.29) is 17.2 Å². The van der Waals surface area contributed by atoms with Gasteiger partial charge in [0.15, 0.2) is 0 Å². The summed E-state index contributed by atoms with van der Waals surface area (Å²) < 4.78 is 5.05. The highest BCUT2D eigenvalue weighted by molar-refractivity contribution is 5.97. The molecule has 0 radical (unpaired) electrons. The average molecular weight is 252 g/mol. The molecule has 1 rings (SSSR count). The van der Waals surface area contributed by atoms with E-state index in [1.807, 2.05) is 6.92 Å². The lowest BCUT2D eigenvalue weighted by molar-refractivity contribution is 0.0757. The lowest BCUT2D eigenvalue weighted by Gasteiger charge is -2.22. The molecule has 0 atom stereocenters. The lowest BCUT2D eigenvalue weighted by Crippen LogP contribution is -2.36. The van der Waals surface area contributed by atoms with Crippen LogP contribution in [0.2, 0.25) is 0 Å². The Hall–Kier alpha value is -1.75. The predicted octanol–water partition coefficient (Wildman–Crippen LogP) is 1.21. The molecule has 100 valence electrons. The number of ether oxygens (including phenoxy) is 1. The third kappa shape index (κ3) is 3.37. The summed E-state index contributed by atoms with van der Waals surface area (Å²) in [5.74, 6) is 0.276. The van der Waals surface area contributed by atoms with Crippen molar-refractivity contribution in [2.24, 2.45) is 5.73 Å². The van der Waals surface area contributed by atoms with Crippen molar-refractivity contribution in [1.82, 2.24) is 4.90 Å². The van der Waals surface area contributed by atoms with E-state index in [1.54, 1.807) is 11.0 Å². The fourth-order valence-corrected chi connectivity index (χ4v) is 1.72. The number of hydrogen-bond donors (Lipinski definition) is 2. The Balaban J connectivity index is 2.99. The van der Waals surface area contributed by atoms with Crippen LogP contribution < -0.4 is 10.5 Å². The minimum absolute atomic E-state index is 0.0427. The summed E-state index contributed by atoms with van der Waals surface area (Å²) in [6, 6.07) is 4.61. The quantitative estimate of drug-likeness (QED) is 0.798. The zero-order valence-electron chi connectivity index (χ0n) is 10.8. The topological polar surface area (TPSA) is 75.8 Å². The molecule has 0 aliphatic rings. The summed E-state index contributed by atoms with van der Waals surface area (Å²) in [6.45, 7) is 3.48. The van der Waals surface area contributed by atoms with E-state index in [0.29, 0.717) is 25.4 Å². The number of amides is 1. The van der Waals surface area contributed by atoms with Crippen molar-refractivity contribution in [3.63, 3.8) is 0 Å². The number of nitrogens with zero attached hydrogens (tertiary/aromatic N) is 1. The molecular weight excluding hydrogens is 232 g/mol. The first-order valence-corrected chi connectivity index (χ1v) is 6.00. The summed E-state index contributed by atoms with van der Waals surface area (Å²) in [5.41, 5.74) is 5.74. The van der Waals surface area contributed by atoms with Crippen LogP contribution in [0.25, 0.3) is 0 Å². The van der Waals surface area contributed by atoms with E-state index in [0.717, 1.165) is 6.42 Å². The van der Waals surface area contributed by atoms with Crippen molar-refractivity contribution < 1.29 is 14.6 Å². The van der Waals surface area contributed by atoms with Gasteiger partial charge < -0.3 is 20.5 Å². The highest BCUT2D eigenvalue weighted by Crippen LogP contribution is 2.24. The van der Waals surface area contributed by atoms with Crippen LogP contribution in [0, 0.1) is 0 Å². The number of methoxy groups -OCH3 is 1. The van der Waals surface area contributed by atoms with E-state index in [2.05, 4.69) is 0 Å². The summed E-state index contributed by atoms with van der Waals surface area (Å²) in [4.78, 5) is 13.9. The second-order valence-corrected chi connectivity index (χ2v) is 3.96. The molecule has 0 aliphatic heterocycles. The maximum atomic E-state index is 12.3. The third-order valence-electron chi connectivity index (χ3n) is 2.61. The van der Waals surface area contributed by atoms with Crippen LogP contribution >= 0.6 is 0 Å². The highest BCUT2D eigenvalue weighted by Gasteiger charge is 2.18. The van der Waals surface area contributed by atoms with E-state index in [9.17, 15) is 9.90 Å². The summed E-state index contributed by atoms with van der Waals surface area (Å²) in [6.07, 6.45) is 0.844. The number of aromatic hydroxyl groups is 1. The van der Waals surface area contributed by atoms with Crippen LogP contribution in [0.15, 0.2) is 18.2 Å². The summed E-state index contributed by atoms with van der Waals surface area (Å²) in [5, 5.41) is 9.75. The second-order valence-electron chi connectivity index (χ2n) is 3.96. The van der Waals surface area contributed by atoms with Gasteiger partial charge in [0.05, 0.1) is 12.7 Å². The van der Waals surface area contributed by atoms with Gasteiger partial charge in [-0.3, -0.25) is 4.79 Å². The van der Waals surface area contributed by atoms with E-state index < -0.39 is 0 Å². The van der Waals surface area contributed by atoms with Crippen LogP contribution in [0.3, 0.4) is 0 Å². The Morgan fingerprint density at radius 2 is 2.17 bits per heavy atom. The first kappa shape index (κ1) is 14.3. The van der Waals surface area contributed by atoms with Gasteiger partial charge in [-0.05, 0) is 24.6 Å². The number of nitrogens with two attached hydrogens (primary N) is 1. The molecule has 0 saturated heterocycles. The summed E-state index contributed by atoms with van der Waals surface area (Å²) >= 11 is 0. The zero-order chi connectivity index (χ0) is 13.5. The summed E-state index contributed by atoms with van der Waals surface area (Å²) in [7, 11) is 1.52. The number of hydrogen-bond acceptors (Lipinski definition) is 4. The number of phenols is 1. The van der Waals surface area contributed by atoms with Crippen LogP contribution in [0.1, 0.15) is 23.7 Å². The van der Waals surface area contributed by atoms with Gasteiger partial charge >= 0.3 is 0 Å². The Morgan fingerprint density at radius 1 is 1.44 bits per heavy atom. The van der Waals surface area contributed by atoms with Crippen molar-refractivity contribution in [3.05, 3.63) is 23.8 Å². The van der Waals surface area contributed by atoms with Gasteiger partial charge in [-0.15, -0.1) is 0 Å². The van der Waals surface area contributed by atoms with E-state index in [1.165, 1.54) is 19.2 Å². The largest absolute Gasteiger partial charge is 0.507 e. The first-order valence-electron chi connectivity index (χ1n) is 6.00. The molecule has 0 heterocycles. The predicted molar refractivity (Wildman–Crippen MR) is 69.9 cm³/mol. The molecule has 1 aromatic carbocycles. The van der Waals surface area contributed by atoms with Gasteiger partial charge in [-0.2, -0.15) is 0 Å². The molecule has 3 N–H and O–H groups in total. The van der Waals surface area contributed by atoms with E-state index in [4.69, 9.17) is 10.5 Å². The fourth-order valence-electron chi connectivity index (χ4n) is 1.72. The van der Waals surface area contributed by atoms with Gasteiger partial charge in [0.25, 0.3) is 5.91 Å². The number of carbonyl (C=O) groups is 1. The Kier molecular flexibility index (Phi) is 5.45. The van der Waals surface area contributed by atoms with Crippen LogP contribution in [0.4, 0.5) is 0 Å². The van der Waals surface area contributed by atoms with Crippen LogP contribution in [-0.2, 0) is 0 Å². The number of benzene rings is 1. The van der Waals surface area contributed by atoms with E-state index >= 15 is 0 Å². The molecule has 0 bridgehead atoms. The van der Waals surface area contributed by atoms with Gasteiger partial charge in [0, 0.05) is 19.6 Å². The van der Waals surface area contributed by atoms with Crippen molar-refractivity contribution in [1.29, 1.82) is 0 Å². The Bertz CT molecular complexity index is 401. The molecule has 5 heteroatoms. The molecule has 1 amide bonds. The van der Waals surface area contributed by atoms with Gasteiger partial charge in [0.2, 0.25) is 0 Å². The van der Waals surface area contributed by atoms with Crippen LogP contribution in [-0.4, -0.2) is 42.7 Å². The molecule has 0 spiro atoms. The monoisotopic (exact) mass is 252 g/mol. The minimum atomic E-state index is -0.223. The van der Waals surface area contributed by atoms with Gasteiger partial charge in [-0.1, -0.05) is 6.92 Å². The Labute approximate surface area is 107 Å². The fraction of sp³-hybridized carbons (Fsp3) is 0.462. The molecule has 5 nitrogen and oxygen atoms in total. The highest BCUT2D eigenvalue weighted by atomic mass is 16.5. The molecule has 0 fully saturated rings. The third-order valence-corrected chi connectivity index (χ3v) is 2.61. The SMILES string of the molecule is CCCN(CCN)C(=O)c1cc(OC)ccc1O. The number of rotatable bonds is 6. The molecule has 18 heavy (non-hydrogen) atoms.